The highest BCUT2D eigenvalue weighted by molar-refractivity contribution is 7.90. The molecule has 0 aliphatic carbocycles. The maximum Gasteiger partial charge on any atom is 0.247 e. The fourth-order valence-corrected chi connectivity index (χ4v) is 4.54. The summed E-state index contributed by atoms with van der Waals surface area (Å²) >= 11 is 0. The van der Waals surface area contributed by atoms with Crippen molar-refractivity contribution in [2.45, 2.75) is 12.8 Å². The molecule has 8 nitrogen and oxygen atoms in total. The molecule has 24 heavy (non-hydrogen) atoms. The summed E-state index contributed by atoms with van der Waals surface area (Å²) in [7, 11) is -3.09. The van der Waals surface area contributed by atoms with E-state index in [1.807, 2.05) is 30.3 Å². The Balaban J connectivity index is 1.77. The molecule has 0 amide bonds. The fourth-order valence-electron chi connectivity index (χ4n) is 3.04. The number of hydrogen-bond donors (Lipinski definition) is 1. The average Bonchev–Trinajstić information content (AvgIpc) is 3.02. The monoisotopic (exact) mass is 351 g/mol. The lowest BCUT2D eigenvalue weighted by atomic mass is 9.82. The van der Waals surface area contributed by atoms with Crippen molar-refractivity contribution in [2.24, 2.45) is 5.41 Å². The fraction of sp³-hybridized carbons (Fsp3) is 0.533. The summed E-state index contributed by atoms with van der Waals surface area (Å²) in [5.74, 6) is 0.629. The summed E-state index contributed by atoms with van der Waals surface area (Å²) < 4.78 is 30.7. The van der Waals surface area contributed by atoms with E-state index in [2.05, 4.69) is 20.8 Å². The Labute approximate surface area is 141 Å². The van der Waals surface area contributed by atoms with E-state index in [1.54, 1.807) is 4.68 Å². The third-order valence-electron chi connectivity index (χ3n) is 4.21. The largest absolute Gasteiger partial charge is 0.381 e. The smallest absolute Gasteiger partial charge is 0.247 e. The van der Waals surface area contributed by atoms with Crippen LogP contribution in [0.3, 0.4) is 0 Å². The van der Waals surface area contributed by atoms with E-state index in [1.165, 1.54) is 6.26 Å². The van der Waals surface area contributed by atoms with Crippen LogP contribution in [0.15, 0.2) is 30.3 Å². The van der Waals surface area contributed by atoms with Crippen LogP contribution in [0.1, 0.15) is 12.8 Å². The lowest BCUT2D eigenvalue weighted by Crippen LogP contribution is -2.41. The number of rotatable bonds is 6. The summed E-state index contributed by atoms with van der Waals surface area (Å²) in [5, 5.41) is 15.0. The van der Waals surface area contributed by atoms with Crippen LogP contribution in [0.4, 0.5) is 5.95 Å². The van der Waals surface area contributed by atoms with Crippen molar-refractivity contribution in [1.82, 2.24) is 20.2 Å². The highest BCUT2D eigenvalue weighted by Crippen LogP contribution is 2.32. The Hall–Kier alpha value is -2.00. The number of para-hydroxylation sites is 1. The second-order valence-electron chi connectivity index (χ2n) is 6.29. The first-order valence-corrected chi connectivity index (χ1v) is 9.87. The maximum atomic E-state index is 11.8. The molecule has 1 N–H and O–H groups in total. The van der Waals surface area contributed by atoms with E-state index in [-0.39, 0.29) is 11.2 Å². The molecule has 0 bridgehead atoms. The molecular formula is C15H21N5O3S. The summed E-state index contributed by atoms with van der Waals surface area (Å²) in [4.78, 5) is 0. The van der Waals surface area contributed by atoms with Gasteiger partial charge in [-0.05, 0) is 35.4 Å². The second kappa shape index (κ2) is 6.86. The molecule has 1 fully saturated rings. The van der Waals surface area contributed by atoms with Crippen LogP contribution < -0.4 is 5.32 Å². The van der Waals surface area contributed by atoms with Crippen molar-refractivity contribution in [3.8, 4) is 5.69 Å². The lowest BCUT2D eigenvalue weighted by Gasteiger charge is -2.36. The van der Waals surface area contributed by atoms with Gasteiger partial charge in [-0.1, -0.05) is 23.3 Å². The van der Waals surface area contributed by atoms with Crippen LogP contribution in [-0.4, -0.2) is 60.4 Å². The Bertz CT molecular complexity index is 769. The van der Waals surface area contributed by atoms with E-state index in [9.17, 15) is 8.42 Å². The van der Waals surface area contributed by atoms with Gasteiger partial charge in [0.1, 0.15) is 9.84 Å². The number of tetrazole rings is 1. The van der Waals surface area contributed by atoms with E-state index >= 15 is 0 Å². The molecule has 0 atom stereocenters. The van der Waals surface area contributed by atoms with Gasteiger partial charge in [-0.2, -0.15) is 4.68 Å². The van der Waals surface area contributed by atoms with Gasteiger partial charge in [-0.3, -0.25) is 0 Å². The zero-order chi connectivity index (χ0) is 17.0. The Kier molecular flexibility index (Phi) is 4.81. The van der Waals surface area contributed by atoms with Crippen molar-refractivity contribution >= 4 is 15.8 Å². The number of ether oxygens (including phenoxy) is 1. The van der Waals surface area contributed by atoms with Gasteiger partial charge in [-0.25, -0.2) is 8.42 Å². The number of aromatic nitrogens is 4. The van der Waals surface area contributed by atoms with Crippen LogP contribution in [0.5, 0.6) is 0 Å². The molecule has 1 aromatic carbocycles. The molecule has 0 saturated carbocycles. The number of hydrogen-bond acceptors (Lipinski definition) is 7. The first-order chi connectivity index (χ1) is 11.5. The number of sulfone groups is 1. The van der Waals surface area contributed by atoms with Gasteiger partial charge in [0.15, 0.2) is 0 Å². The quantitative estimate of drug-likeness (QED) is 0.826. The predicted octanol–water partition coefficient (Wildman–Crippen LogP) is 0.916. The summed E-state index contributed by atoms with van der Waals surface area (Å²) in [6.45, 7) is 1.62. The minimum absolute atomic E-state index is 0.128. The van der Waals surface area contributed by atoms with E-state index in [0.717, 1.165) is 5.69 Å². The lowest BCUT2D eigenvalue weighted by molar-refractivity contribution is 0.0314. The van der Waals surface area contributed by atoms with Crippen molar-refractivity contribution in [3.05, 3.63) is 30.3 Å². The van der Waals surface area contributed by atoms with Gasteiger partial charge < -0.3 is 10.1 Å². The molecule has 3 rings (SSSR count). The van der Waals surface area contributed by atoms with E-state index < -0.39 is 9.84 Å². The van der Waals surface area contributed by atoms with Crippen molar-refractivity contribution in [3.63, 3.8) is 0 Å². The minimum atomic E-state index is -3.09. The zero-order valence-corrected chi connectivity index (χ0v) is 14.4. The summed E-state index contributed by atoms with van der Waals surface area (Å²) in [6, 6.07) is 9.55. The van der Waals surface area contributed by atoms with Gasteiger partial charge in [0.25, 0.3) is 0 Å². The molecule has 9 heteroatoms. The van der Waals surface area contributed by atoms with Gasteiger partial charge in [0, 0.05) is 31.4 Å². The molecule has 2 heterocycles. The van der Waals surface area contributed by atoms with Crippen LogP contribution >= 0.6 is 0 Å². The van der Waals surface area contributed by atoms with Crippen LogP contribution in [0.2, 0.25) is 0 Å². The number of nitrogens with zero attached hydrogens (tertiary/aromatic N) is 4. The summed E-state index contributed by atoms with van der Waals surface area (Å²) in [6.07, 6.45) is 2.66. The molecule has 0 spiro atoms. The molecule has 0 radical (unpaired) electrons. The highest BCUT2D eigenvalue weighted by Gasteiger charge is 2.36. The van der Waals surface area contributed by atoms with E-state index in [0.29, 0.717) is 38.5 Å². The Morgan fingerprint density at radius 3 is 2.62 bits per heavy atom. The number of nitrogens with one attached hydrogen (secondary N) is 1. The molecule has 130 valence electrons. The van der Waals surface area contributed by atoms with Gasteiger partial charge >= 0.3 is 0 Å². The molecular weight excluding hydrogens is 330 g/mol. The van der Waals surface area contributed by atoms with Gasteiger partial charge in [0.2, 0.25) is 5.95 Å². The average molecular weight is 351 g/mol. The number of anilines is 1. The first-order valence-electron chi connectivity index (χ1n) is 7.81. The standard InChI is InChI=1S/C15H21N5O3S/c1-24(21,22)12-15(7-9-23-10-8-15)11-16-14-17-18-19-20(14)13-5-3-2-4-6-13/h2-6H,7-12H2,1H3,(H,16,17,19). The van der Waals surface area contributed by atoms with Gasteiger partial charge in [-0.15, -0.1) is 0 Å². The third kappa shape index (κ3) is 4.09. The normalized spacial score (nSPS) is 17.5. The van der Waals surface area contributed by atoms with Crippen molar-refractivity contribution < 1.29 is 13.2 Å². The number of benzene rings is 1. The van der Waals surface area contributed by atoms with Gasteiger partial charge in [0.05, 0.1) is 11.4 Å². The minimum Gasteiger partial charge on any atom is -0.381 e. The third-order valence-corrected chi connectivity index (χ3v) is 5.35. The molecule has 1 aliphatic rings. The second-order valence-corrected chi connectivity index (χ2v) is 8.43. The zero-order valence-electron chi connectivity index (χ0n) is 13.6. The maximum absolute atomic E-state index is 11.8. The van der Waals surface area contributed by atoms with Crippen LogP contribution in [-0.2, 0) is 14.6 Å². The van der Waals surface area contributed by atoms with Crippen LogP contribution in [0, 0.1) is 5.41 Å². The summed E-state index contributed by atoms with van der Waals surface area (Å²) in [5.41, 5.74) is 0.480. The predicted molar refractivity (Wildman–Crippen MR) is 89.8 cm³/mol. The highest BCUT2D eigenvalue weighted by atomic mass is 32.2. The Morgan fingerprint density at radius 2 is 1.96 bits per heavy atom. The molecule has 1 aliphatic heterocycles. The molecule has 0 unspecified atom stereocenters. The van der Waals surface area contributed by atoms with E-state index in [4.69, 9.17) is 4.74 Å². The Morgan fingerprint density at radius 1 is 1.25 bits per heavy atom. The van der Waals surface area contributed by atoms with Crippen molar-refractivity contribution in [2.75, 3.05) is 37.1 Å². The topological polar surface area (TPSA) is 99.0 Å². The van der Waals surface area contributed by atoms with Crippen molar-refractivity contribution in [1.29, 1.82) is 0 Å². The molecule has 1 aromatic heterocycles. The SMILES string of the molecule is CS(=O)(=O)CC1(CNc2nnnn2-c2ccccc2)CCOCC1. The molecule has 2 aromatic rings. The molecule has 1 saturated heterocycles. The van der Waals surface area contributed by atoms with Crippen LogP contribution in [0.25, 0.3) is 5.69 Å². The first kappa shape index (κ1) is 16.8.